The maximum absolute atomic E-state index is 12.4. The Hall–Kier alpha value is -1.72. The SMILES string of the molecule is Cc1nc2cc(C(=O)C3(CN)COC3)ccc2o1. The highest BCUT2D eigenvalue weighted by Crippen LogP contribution is 2.31. The van der Waals surface area contributed by atoms with E-state index >= 15 is 0 Å². The minimum atomic E-state index is -0.549. The molecule has 3 rings (SSSR count). The summed E-state index contributed by atoms with van der Waals surface area (Å²) in [6.45, 7) is 2.89. The molecule has 94 valence electrons. The Labute approximate surface area is 104 Å². The lowest BCUT2D eigenvalue weighted by atomic mass is 9.78. The van der Waals surface area contributed by atoms with E-state index in [-0.39, 0.29) is 5.78 Å². The lowest BCUT2D eigenvalue weighted by Crippen LogP contribution is -2.54. The summed E-state index contributed by atoms with van der Waals surface area (Å²) < 4.78 is 10.5. The first-order valence-corrected chi connectivity index (χ1v) is 5.84. The van der Waals surface area contributed by atoms with Crippen LogP contribution < -0.4 is 5.73 Å². The molecule has 2 N–H and O–H groups in total. The minimum absolute atomic E-state index is 0.0267. The molecule has 2 aromatic rings. The average molecular weight is 246 g/mol. The van der Waals surface area contributed by atoms with Crippen molar-refractivity contribution in [1.82, 2.24) is 4.98 Å². The van der Waals surface area contributed by atoms with Crippen LogP contribution >= 0.6 is 0 Å². The quantitative estimate of drug-likeness (QED) is 0.826. The fourth-order valence-electron chi connectivity index (χ4n) is 2.18. The Kier molecular flexibility index (Phi) is 2.46. The van der Waals surface area contributed by atoms with Crippen molar-refractivity contribution in [2.75, 3.05) is 19.8 Å². The fourth-order valence-corrected chi connectivity index (χ4v) is 2.18. The molecule has 0 radical (unpaired) electrons. The summed E-state index contributed by atoms with van der Waals surface area (Å²) in [6.07, 6.45) is 0. The van der Waals surface area contributed by atoms with Gasteiger partial charge in [0, 0.05) is 19.0 Å². The maximum Gasteiger partial charge on any atom is 0.192 e. The first-order valence-electron chi connectivity index (χ1n) is 5.84. The molecule has 18 heavy (non-hydrogen) atoms. The summed E-state index contributed by atoms with van der Waals surface area (Å²) in [5.74, 6) is 0.619. The van der Waals surface area contributed by atoms with Crippen molar-refractivity contribution >= 4 is 16.9 Å². The predicted octanol–water partition coefficient (Wildman–Crippen LogP) is 1.29. The van der Waals surface area contributed by atoms with E-state index in [1.54, 1.807) is 25.1 Å². The zero-order valence-electron chi connectivity index (χ0n) is 10.1. The van der Waals surface area contributed by atoms with Crippen LogP contribution in [0.3, 0.4) is 0 Å². The van der Waals surface area contributed by atoms with Gasteiger partial charge in [0.25, 0.3) is 0 Å². The van der Waals surface area contributed by atoms with Crippen molar-refractivity contribution in [1.29, 1.82) is 0 Å². The number of benzene rings is 1. The third-order valence-electron chi connectivity index (χ3n) is 3.39. The van der Waals surface area contributed by atoms with E-state index in [4.69, 9.17) is 14.9 Å². The fraction of sp³-hybridized carbons (Fsp3) is 0.385. The van der Waals surface area contributed by atoms with E-state index in [1.165, 1.54) is 0 Å². The number of hydrogen-bond acceptors (Lipinski definition) is 5. The Morgan fingerprint density at radius 1 is 1.50 bits per heavy atom. The molecular formula is C13H14N2O3. The van der Waals surface area contributed by atoms with Crippen LogP contribution in [0, 0.1) is 12.3 Å². The predicted molar refractivity (Wildman–Crippen MR) is 65.4 cm³/mol. The molecule has 5 nitrogen and oxygen atoms in total. The summed E-state index contributed by atoms with van der Waals surface area (Å²) in [6, 6.07) is 5.28. The van der Waals surface area contributed by atoms with Gasteiger partial charge in [-0.15, -0.1) is 0 Å². The summed E-state index contributed by atoms with van der Waals surface area (Å²) in [5.41, 5.74) is 7.15. The lowest BCUT2D eigenvalue weighted by molar-refractivity contribution is -0.0816. The maximum atomic E-state index is 12.4. The average Bonchev–Trinajstić information content (AvgIpc) is 2.67. The number of nitrogens with zero attached hydrogens (tertiary/aromatic N) is 1. The van der Waals surface area contributed by atoms with E-state index in [0.29, 0.717) is 42.3 Å². The number of carbonyl (C=O) groups is 1. The summed E-state index contributed by atoms with van der Waals surface area (Å²) >= 11 is 0. The normalized spacial score (nSPS) is 17.7. The topological polar surface area (TPSA) is 78.4 Å². The van der Waals surface area contributed by atoms with Crippen molar-refractivity contribution in [2.45, 2.75) is 6.92 Å². The molecule has 1 aromatic heterocycles. The molecule has 1 fully saturated rings. The second-order valence-electron chi connectivity index (χ2n) is 4.72. The zero-order chi connectivity index (χ0) is 12.8. The molecule has 1 aromatic carbocycles. The van der Waals surface area contributed by atoms with Gasteiger partial charge < -0.3 is 14.9 Å². The van der Waals surface area contributed by atoms with E-state index < -0.39 is 5.41 Å². The monoisotopic (exact) mass is 246 g/mol. The Morgan fingerprint density at radius 2 is 2.28 bits per heavy atom. The minimum Gasteiger partial charge on any atom is -0.441 e. The molecule has 2 heterocycles. The van der Waals surface area contributed by atoms with Crippen LogP contribution in [0.25, 0.3) is 11.1 Å². The number of nitrogens with two attached hydrogens (primary N) is 1. The molecule has 1 aliphatic rings. The van der Waals surface area contributed by atoms with E-state index in [9.17, 15) is 4.79 Å². The van der Waals surface area contributed by atoms with Crippen molar-refractivity contribution < 1.29 is 13.9 Å². The van der Waals surface area contributed by atoms with Crippen molar-refractivity contribution in [3.05, 3.63) is 29.7 Å². The number of ketones is 1. The lowest BCUT2D eigenvalue weighted by Gasteiger charge is -2.38. The molecule has 0 aliphatic carbocycles. The number of aryl methyl sites for hydroxylation is 1. The van der Waals surface area contributed by atoms with Crippen molar-refractivity contribution in [3.8, 4) is 0 Å². The molecule has 0 spiro atoms. The summed E-state index contributed by atoms with van der Waals surface area (Å²) in [4.78, 5) is 16.6. The second kappa shape index (κ2) is 3.90. The number of oxazole rings is 1. The Balaban J connectivity index is 2.01. The van der Waals surface area contributed by atoms with Gasteiger partial charge in [0.15, 0.2) is 17.3 Å². The second-order valence-corrected chi connectivity index (χ2v) is 4.72. The molecule has 1 aliphatic heterocycles. The number of rotatable bonds is 3. The van der Waals surface area contributed by atoms with Crippen LogP contribution in [0.2, 0.25) is 0 Å². The number of aromatic nitrogens is 1. The molecule has 0 saturated carbocycles. The highest BCUT2D eigenvalue weighted by atomic mass is 16.5. The zero-order valence-corrected chi connectivity index (χ0v) is 10.1. The van der Waals surface area contributed by atoms with Crippen LogP contribution in [0.1, 0.15) is 16.2 Å². The van der Waals surface area contributed by atoms with Crippen molar-refractivity contribution in [2.24, 2.45) is 11.1 Å². The number of carbonyl (C=O) groups excluding carboxylic acids is 1. The van der Waals surface area contributed by atoms with E-state index in [0.717, 1.165) is 0 Å². The van der Waals surface area contributed by atoms with Gasteiger partial charge in [-0.3, -0.25) is 4.79 Å². The molecule has 0 bridgehead atoms. The van der Waals surface area contributed by atoms with Gasteiger partial charge in [-0.05, 0) is 18.2 Å². The first-order chi connectivity index (χ1) is 8.64. The van der Waals surface area contributed by atoms with Gasteiger partial charge in [-0.25, -0.2) is 4.98 Å². The van der Waals surface area contributed by atoms with E-state index in [1.807, 2.05) is 0 Å². The number of fused-ring (bicyclic) bond motifs is 1. The van der Waals surface area contributed by atoms with Crippen molar-refractivity contribution in [3.63, 3.8) is 0 Å². The summed E-state index contributed by atoms with van der Waals surface area (Å²) in [7, 11) is 0. The van der Waals surface area contributed by atoms with Gasteiger partial charge in [-0.2, -0.15) is 0 Å². The number of Topliss-reactive ketones (excluding diaryl/α,β-unsaturated/α-hetero) is 1. The largest absolute Gasteiger partial charge is 0.441 e. The van der Waals surface area contributed by atoms with Crippen LogP contribution in [-0.4, -0.2) is 30.5 Å². The van der Waals surface area contributed by atoms with Crippen LogP contribution in [0.15, 0.2) is 22.6 Å². The van der Waals surface area contributed by atoms with Gasteiger partial charge in [-0.1, -0.05) is 0 Å². The molecule has 5 heteroatoms. The highest BCUT2D eigenvalue weighted by Gasteiger charge is 2.44. The number of hydrogen-bond donors (Lipinski definition) is 1. The van der Waals surface area contributed by atoms with Crippen LogP contribution in [0.5, 0.6) is 0 Å². The van der Waals surface area contributed by atoms with Gasteiger partial charge in [0.1, 0.15) is 5.52 Å². The smallest absolute Gasteiger partial charge is 0.192 e. The summed E-state index contributed by atoms with van der Waals surface area (Å²) in [5, 5.41) is 0. The van der Waals surface area contributed by atoms with Gasteiger partial charge >= 0.3 is 0 Å². The molecular weight excluding hydrogens is 232 g/mol. The first kappa shape index (κ1) is 11.4. The molecule has 0 atom stereocenters. The van der Waals surface area contributed by atoms with Crippen LogP contribution in [-0.2, 0) is 4.74 Å². The Morgan fingerprint density at radius 3 is 2.89 bits per heavy atom. The molecule has 0 amide bonds. The third-order valence-corrected chi connectivity index (χ3v) is 3.39. The molecule has 0 unspecified atom stereocenters. The standard InChI is InChI=1S/C13H14N2O3/c1-8-15-10-4-9(2-3-11(10)18-8)12(16)13(5-14)6-17-7-13/h2-4H,5-7,14H2,1H3. The third kappa shape index (κ3) is 1.55. The molecule has 1 saturated heterocycles. The van der Waals surface area contributed by atoms with E-state index in [2.05, 4.69) is 4.98 Å². The highest BCUT2D eigenvalue weighted by molar-refractivity contribution is 6.03. The number of ether oxygens (including phenoxy) is 1. The Bertz CT molecular complexity index is 608. The van der Waals surface area contributed by atoms with Gasteiger partial charge in [0.05, 0.1) is 18.6 Å². The van der Waals surface area contributed by atoms with Gasteiger partial charge in [0.2, 0.25) is 0 Å². The van der Waals surface area contributed by atoms with Crippen LogP contribution in [0.4, 0.5) is 0 Å².